The van der Waals surface area contributed by atoms with Gasteiger partial charge in [0, 0.05) is 17.7 Å². The molecule has 3 rings (SSSR count). The van der Waals surface area contributed by atoms with Crippen LogP contribution < -0.4 is 10.1 Å². The summed E-state index contributed by atoms with van der Waals surface area (Å²) in [5.41, 5.74) is 3.87. The van der Waals surface area contributed by atoms with Crippen molar-refractivity contribution in [2.75, 3.05) is 18.5 Å². The molecule has 128 valence electrons. The lowest BCUT2D eigenvalue weighted by atomic mass is 10.0. The first-order valence-electron chi connectivity index (χ1n) is 8.48. The molecule has 0 aliphatic heterocycles. The summed E-state index contributed by atoms with van der Waals surface area (Å²) in [5, 5.41) is 12.8. The van der Waals surface area contributed by atoms with E-state index in [4.69, 9.17) is 9.72 Å². The summed E-state index contributed by atoms with van der Waals surface area (Å²) in [4.78, 5) is 4.69. The summed E-state index contributed by atoms with van der Waals surface area (Å²) in [5.74, 6) is 1.91. The van der Waals surface area contributed by atoms with Gasteiger partial charge in [-0.1, -0.05) is 18.2 Å². The van der Waals surface area contributed by atoms with Gasteiger partial charge in [0.2, 0.25) is 0 Å². The zero-order valence-electron chi connectivity index (χ0n) is 14.5. The molecule has 1 heterocycles. The second-order valence-corrected chi connectivity index (χ2v) is 5.63. The van der Waals surface area contributed by atoms with E-state index in [0.717, 1.165) is 40.5 Å². The number of phenols is 1. The summed E-state index contributed by atoms with van der Waals surface area (Å²) in [6.45, 7) is 5.43. The smallest absolute Gasteiger partial charge is 0.127 e. The number of para-hydroxylation sites is 1. The molecule has 4 heteroatoms. The summed E-state index contributed by atoms with van der Waals surface area (Å²) in [6.07, 6.45) is 0. The Morgan fingerprint density at radius 1 is 0.960 bits per heavy atom. The Bertz CT molecular complexity index is 845. The summed E-state index contributed by atoms with van der Waals surface area (Å²) < 4.78 is 5.78. The van der Waals surface area contributed by atoms with E-state index in [1.165, 1.54) is 0 Å². The molecule has 2 aromatic carbocycles. The van der Waals surface area contributed by atoms with Gasteiger partial charge >= 0.3 is 0 Å². The van der Waals surface area contributed by atoms with E-state index >= 15 is 0 Å². The Morgan fingerprint density at radius 3 is 2.44 bits per heavy atom. The number of nitrogens with zero attached hydrogens (tertiary/aromatic N) is 1. The Morgan fingerprint density at radius 2 is 1.72 bits per heavy atom. The van der Waals surface area contributed by atoms with Crippen molar-refractivity contribution in [2.45, 2.75) is 13.8 Å². The van der Waals surface area contributed by atoms with Crippen LogP contribution in [0, 0.1) is 0 Å². The standard InChI is InChI=1S/C21H22N2O2/c1-3-22-21-14-16(18-7-5-6-8-20(18)25-4-2)13-19(23-21)15-9-11-17(24)12-10-15/h5-14,24H,3-4H2,1-2H3,(H,22,23). The third-order valence-corrected chi connectivity index (χ3v) is 3.84. The number of aromatic hydroxyl groups is 1. The Hall–Kier alpha value is -3.01. The normalized spacial score (nSPS) is 10.5. The fourth-order valence-electron chi connectivity index (χ4n) is 2.72. The van der Waals surface area contributed by atoms with E-state index in [1.807, 2.05) is 56.3 Å². The van der Waals surface area contributed by atoms with Crippen LogP contribution in [-0.4, -0.2) is 23.2 Å². The van der Waals surface area contributed by atoms with Crippen molar-refractivity contribution in [1.82, 2.24) is 4.98 Å². The van der Waals surface area contributed by atoms with Crippen molar-refractivity contribution in [3.8, 4) is 33.9 Å². The molecule has 2 N–H and O–H groups in total. The highest BCUT2D eigenvalue weighted by Gasteiger charge is 2.10. The second kappa shape index (κ2) is 7.71. The molecule has 0 bridgehead atoms. The first-order chi connectivity index (χ1) is 12.2. The molecular weight excluding hydrogens is 312 g/mol. The van der Waals surface area contributed by atoms with Crippen molar-refractivity contribution < 1.29 is 9.84 Å². The zero-order chi connectivity index (χ0) is 17.6. The number of hydrogen-bond acceptors (Lipinski definition) is 4. The molecule has 0 atom stereocenters. The van der Waals surface area contributed by atoms with Gasteiger partial charge < -0.3 is 15.2 Å². The highest BCUT2D eigenvalue weighted by atomic mass is 16.5. The van der Waals surface area contributed by atoms with Crippen LogP contribution in [-0.2, 0) is 0 Å². The molecule has 4 nitrogen and oxygen atoms in total. The van der Waals surface area contributed by atoms with Gasteiger partial charge in [0.05, 0.1) is 12.3 Å². The maximum atomic E-state index is 9.52. The molecule has 1 aromatic heterocycles. The molecule has 0 saturated carbocycles. The van der Waals surface area contributed by atoms with Crippen LogP contribution in [0.15, 0.2) is 60.7 Å². The number of phenolic OH excluding ortho intramolecular Hbond substituents is 1. The third kappa shape index (κ3) is 3.91. The van der Waals surface area contributed by atoms with Gasteiger partial charge in [-0.25, -0.2) is 4.98 Å². The quantitative estimate of drug-likeness (QED) is 0.669. The number of aromatic nitrogens is 1. The lowest BCUT2D eigenvalue weighted by molar-refractivity contribution is 0.341. The lowest BCUT2D eigenvalue weighted by Crippen LogP contribution is -2.01. The molecule has 0 aliphatic carbocycles. The van der Waals surface area contributed by atoms with Crippen LogP contribution in [0.5, 0.6) is 11.5 Å². The largest absolute Gasteiger partial charge is 0.508 e. The maximum absolute atomic E-state index is 9.52. The minimum Gasteiger partial charge on any atom is -0.508 e. The minimum absolute atomic E-state index is 0.244. The Labute approximate surface area is 148 Å². The van der Waals surface area contributed by atoms with Crippen LogP contribution >= 0.6 is 0 Å². The van der Waals surface area contributed by atoms with Gasteiger partial charge in [-0.3, -0.25) is 0 Å². The summed E-state index contributed by atoms with van der Waals surface area (Å²) in [7, 11) is 0. The van der Waals surface area contributed by atoms with Crippen molar-refractivity contribution in [2.24, 2.45) is 0 Å². The number of rotatable bonds is 6. The molecule has 0 saturated heterocycles. The van der Waals surface area contributed by atoms with E-state index in [2.05, 4.69) is 11.4 Å². The highest BCUT2D eigenvalue weighted by Crippen LogP contribution is 2.34. The fourth-order valence-corrected chi connectivity index (χ4v) is 2.72. The predicted octanol–water partition coefficient (Wildman–Crippen LogP) is 4.95. The Kier molecular flexibility index (Phi) is 5.19. The average molecular weight is 334 g/mol. The first-order valence-corrected chi connectivity index (χ1v) is 8.48. The lowest BCUT2D eigenvalue weighted by Gasteiger charge is -2.13. The van der Waals surface area contributed by atoms with Crippen molar-refractivity contribution >= 4 is 5.82 Å². The van der Waals surface area contributed by atoms with E-state index < -0.39 is 0 Å². The minimum atomic E-state index is 0.244. The van der Waals surface area contributed by atoms with Crippen LogP contribution in [0.1, 0.15) is 13.8 Å². The number of hydrogen-bond donors (Lipinski definition) is 2. The second-order valence-electron chi connectivity index (χ2n) is 5.63. The van der Waals surface area contributed by atoms with E-state index in [1.54, 1.807) is 12.1 Å². The van der Waals surface area contributed by atoms with Crippen LogP contribution in [0.4, 0.5) is 5.82 Å². The molecule has 25 heavy (non-hydrogen) atoms. The summed E-state index contributed by atoms with van der Waals surface area (Å²) >= 11 is 0. The van der Waals surface area contributed by atoms with Gasteiger partial charge in [-0.05, 0) is 61.9 Å². The molecule has 0 amide bonds. The van der Waals surface area contributed by atoms with E-state index in [0.29, 0.717) is 6.61 Å². The topological polar surface area (TPSA) is 54.4 Å². The van der Waals surface area contributed by atoms with Gasteiger partial charge in [-0.2, -0.15) is 0 Å². The van der Waals surface area contributed by atoms with Crippen molar-refractivity contribution in [3.05, 3.63) is 60.7 Å². The monoisotopic (exact) mass is 334 g/mol. The number of benzene rings is 2. The molecule has 0 fully saturated rings. The Balaban J connectivity index is 2.12. The van der Waals surface area contributed by atoms with Crippen LogP contribution in [0.25, 0.3) is 22.4 Å². The number of pyridine rings is 1. The molecule has 0 aliphatic rings. The number of nitrogens with one attached hydrogen (secondary N) is 1. The van der Waals surface area contributed by atoms with Gasteiger partial charge in [0.1, 0.15) is 17.3 Å². The SMILES string of the molecule is CCNc1cc(-c2ccccc2OCC)cc(-c2ccc(O)cc2)n1. The van der Waals surface area contributed by atoms with Crippen molar-refractivity contribution in [3.63, 3.8) is 0 Å². The molecule has 0 unspecified atom stereocenters. The molecular formula is C21H22N2O2. The fraction of sp³-hybridized carbons (Fsp3) is 0.190. The maximum Gasteiger partial charge on any atom is 0.127 e. The molecule has 3 aromatic rings. The van der Waals surface area contributed by atoms with Crippen molar-refractivity contribution in [1.29, 1.82) is 0 Å². The van der Waals surface area contributed by atoms with E-state index in [9.17, 15) is 5.11 Å². The van der Waals surface area contributed by atoms with Gasteiger partial charge in [0.15, 0.2) is 0 Å². The third-order valence-electron chi connectivity index (χ3n) is 3.84. The number of ether oxygens (including phenoxy) is 1. The average Bonchev–Trinajstić information content (AvgIpc) is 2.63. The highest BCUT2D eigenvalue weighted by molar-refractivity contribution is 5.77. The molecule has 0 radical (unpaired) electrons. The van der Waals surface area contributed by atoms with Gasteiger partial charge in [0.25, 0.3) is 0 Å². The van der Waals surface area contributed by atoms with Crippen LogP contribution in [0.3, 0.4) is 0 Å². The zero-order valence-corrected chi connectivity index (χ0v) is 14.5. The first kappa shape index (κ1) is 16.8. The number of anilines is 1. The van der Waals surface area contributed by atoms with Gasteiger partial charge in [-0.15, -0.1) is 0 Å². The van der Waals surface area contributed by atoms with E-state index in [-0.39, 0.29) is 5.75 Å². The van der Waals surface area contributed by atoms with Crippen LogP contribution in [0.2, 0.25) is 0 Å². The molecule has 0 spiro atoms. The predicted molar refractivity (Wildman–Crippen MR) is 102 cm³/mol. The summed E-state index contributed by atoms with van der Waals surface area (Å²) in [6, 6.07) is 19.2.